The number of hydrogen-bond donors (Lipinski definition) is 3. The Kier molecular flexibility index (Phi) is 10.6. The summed E-state index contributed by atoms with van der Waals surface area (Å²) in [6.45, 7) is 5.71. The minimum absolute atomic E-state index is 0. The zero-order valence-corrected chi connectivity index (χ0v) is 17.1. The van der Waals surface area contributed by atoms with Gasteiger partial charge in [-0.15, -0.1) is 24.0 Å². The fourth-order valence-corrected chi connectivity index (χ4v) is 3.38. The second-order valence-electron chi connectivity index (χ2n) is 5.71. The van der Waals surface area contributed by atoms with Crippen molar-refractivity contribution in [1.82, 2.24) is 15.4 Å². The molecule has 8 heteroatoms. The van der Waals surface area contributed by atoms with Crippen LogP contribution in [0.4, 0.5) is 0 Å². The average molecular weight is 446 g/mol. The van der Waals surface area contributed by atoms with Crippen molar-refractivity contribution in [2.45, 2.75) is 46.0 Å². The molecule has 1 saturated carbocycles. The number of aliphatic imine (C=N–C) groups is 1. The quantitative estimate of drug-likeness (QED) is 0.229. The van der Waals surface area contributed by atoms with E-state index in [2.05, 4.69) is 27.3 Å². The predicted octanol–water partition coefficient (Wildman–Crippen LogP) is 1.68. The van der Waals surface area contributed by atoms with Gasteiger partial charge in [-0.2, -0.15) is 0 Å². The Bertz CT molecular complexity index is 434. The lowest BCUT2D eigenvalue weighted by Crippen LogP contribution is -2.45. The molecular weight excluding hydrogens is 415 g/mol. The van der Waals surface area contributed by atoms with Crippen molar-refractivity contribution in [2.24, 2.45) is 10.4 Å². The van der Waals surface area contributed by atoms with Gasteiger partial charge in [-0.3, -0.25) is 4.99 Å². The molecule has 132 valence electrons. The van der Waals surface area contributed by atoms with E-state index >= 15 is 0 Å². The Morgan fingerprint density at radius 1 is 1.14 bits per heavy atom. The van der Waals surface area contributed by atoms with Crippen molar-refractivity contribution in [3.63, 3.8) is 0 Å². The van der Waals surface area contributed by atoms with E-state index in [4.69, 9.17) is 0 Å². The number of rotatable bonds is 8. The molecule has 0 aromatic carbocycles. The molecule has 0 amide bonds. The summed E-state index contributed by atoms with van der Waals surface area (Å²) in [4.78, 5) is 4.19. The third-order valence-electron chi connectivity index (χ3n) is 4.39. The van der Waals surface area contributed by atoms with Gasteiger partial charge in [-0.25, -0.2) is 13.1 Å². The van der Waals surface area contributed by atoms with Crippen LogP contribution >= 0.6 is 24.0 Å². The van der Waals surface area contributed by atoms with Crippen molar-refractivity contribution in [3.8, 4) is 0 Å². The van der Waals surface area contributed by atoms with Crippen LogP contribution in [0.25, 0.3) is 0 Å². The molecule has 3 N–H and O–H groups in total. The molecule has 0 unspecified atom stereocenters. The zero-order valence-electron chi connectivity index (χ0n) is 13.9. The largest absolute Gasteiger partial charge is 0.356 e. The number of guanidine groups is 1. The fourth-order valence-electron chi connectivity index (χ4n) is 2.76. The summed E-state index contributed by atoms with van der Waals surface area (Å²) in [5.74, 6) is 0.851. The van der Waals surface area contributed by atoms with Crippen molar-refractivity contribution >= 4 is 40.0 Å². The summed E-state index contributed by atoms with van der Waals surface area (Å²) in [5.41, 5.74) is 0.404. The van der Waals surface area contributed by atoms with E-state index in [0.29, 0.717) is 18.5 Å². The Morgan fingerprint density at radius 3 is 2.27 bits per heavy atom. The van der Waals surface area contributed by atoms with Crippen LogP contribution < -0.4 is 15.4 Å². The standard InChI is InChI=1S/C14H30N4O2S.HI/c1-4-14(8-6-7-9-14)12-17-13(15-3)16-10-11-18-21(19,20)5-2;/h18H,4-12H2,1-3H3,(H2,15,16,17);1H. The monoisotopic (exact) mass is 446 g/mol. The number of hydrogen-bond acceptors (Lipinski definition) is 3. The smallest absolute Gasteiger partial charge is 0.211 e. The first kappa shape index (κ1) is 21.9. The van der Waals surface area contributed by atoms with E-state index < -0.39 is 10.0 Å². The molecule has 0 bridgehead atoms. The average Bonchev–Trinajstić information content (AvgIpc) is 2.96. The van der Waals surface area contributed by atoms with E-state index in [1.54, 1.807) is 14.0 Å². The molecule has 0 saturated heterocycles. The predicted molar refractivity (Wildman–Crippen MR) is 103 cm³/mol. The molecule has 0 heterocycles. The highest BCUT2D eigenvalue weighted by molar-refractivity contribution is 14.0. The topological polar surface area (TPSA) is 82.6 Å². The van der Waals surface area contributed by atoms with Gasteiger partial charge in [0.25, 0.3) is 0 Å². The number of nitrogens with one attached hydrogen (secondary N) is 3. The van der Waals surface area contributed by atoms with Crippen LogP contribution in [0.3, 0.4) is 0 Å². The summed E-state index contributed by atoms with van der Waals surface area (Å²) in [6.07, 6.45) is 6.39. The van der Waals surface area contributed by atoms with E-state index in [9.17, 15) is 8.42 Å². The highest BCUT2D eigenvalue weighted by atomic mass is 127. The van der Waals surface area contributed by atoms with Crippen LogP contribution in [0.1, 0.15) is 46.0 Å². The number of halogens is 1. The molecule has 6 nitrogen and oxygen atoms in total. The van der Waals surface area contributed by atoms with Crippen molar-refractivity contribution in [1.29, 1.82) is 0 Å². The highest BCUT2D eigenvalue weighted by Gasteiger charge is 2.31. The second-order valence-corrected chi connectivity index (χ2v) is 7.81. The van der Waals surface area contributed by atoms with Crippen molar-refractivity contribution in [2.75, 3.05) is 32.4 Å². The minimum atomic E-state index is -3.11. The molecular formula is C14H31IN4O2S. The molecule has 0 aromatic rings. The molecule has 22 heavy (non-hydrogen) atoms. The second kappa shape index (κ2) is 10.6. The summed E-state index contributed by atoms with van der Waals surface area (Å²) in [6, 6.07) is 0. The third kappa shape index (κ3) is 7.45. The fraction of sp³-hybridized carbons (Fsp3) is 0.929. The molecule has 0 aliphatic heterocycles. The first-order valence-electron chi connectivity index (χ1n) is 7.89. The van der Waals surface area contributed by atoms with Gasteiger partial charge in [0.05, 0.1) is 5.75 Å². The van der Waals surface area contributed by atoms with Crippen LogP contribution in [-0.4, -0.2) is 46.8 Å². The Labute approximate surface area is 152 Å². The first-order chi connectivity index (χ1) is 9.97. The molecule has 0 radical (unpaired) electrons. The van der Waals surface area contributed by atoms with Crippen LogP contribution in [0.5, 0.6) is 0 Å². The van der Waals surface area contributed by atoms with Gasteiger partial charge in [0, 0.05) is 26.7 Å². The maximum Gasteiger partial charge on any atom is 0.211 e. The Morgan fingerprint density at radius 2 is 1.77 bits per heavy atom. The number of nitrogens with zero attached hydrogens (tertiary/aromatic N) is 1. The maximum atomic E-state index is 11.3. The molecule has 0 aromatic heterocycles. The lowest BCUT2D eigenvalue weighted by Gasteiger charge is -2.28. The van der Waals surface area contributed by atoms with Crippen molar-refractivity contribution in [3.05, 3.63) is 0 Å². The summed E-state index contributed by atoms with van der Waals surface area (Å²) in [5, 5.41) is 6.52. The van der Waals surface area contributed by atoms with Crippen LogP contribution in [0.2, 0.25) is 0 Å². The van der Waals surface area contributed by atoms with Crippen LogP contribution in [-0.2, 0) is 10.0 Å². The van der Waals surface area contributed by atoms with Gasteiger partial charge in [-0.05, 0) is 31.6 Å². The molecule has 1 aliphatic carbocycles. The molecule has 1 fully saturated rings. The van der Waals surface area contributed by atoms with Gasteiger partial charge in [0.15, 0.2) is 5.96 Å². The van der Waals surface area contributed by atoms with Crippen molar-refractivity contribution < 1.29 is 8.42 Å². The first-order valence-corrected chi connectivity index (χ1v) is 9.54. The third-order valence-corrected chi connectivity index (χ3v) is 5.79. The van der Waals surface area contributed by atoms with Gasteiger partial charge in [0.2, 0.25) is 10.0 Å². The molecule has 1 aliphatic rings. The molecule has 0 atom stereocenters. The van der Waals surface area contributed by atoms with E-state index in [1.165, 1.54) is 32.1 Å². The molecule has 1 rings (SSSR count). The van der Waals surface area contributed by atoms with Crippen LogP contribution in [0.15, 0.2) is 4.99 Å². The van der Waals surface area contributed by atoms with E-state index in [0.717, 1.165) is 12.5 Å². The van der Waals surface area contributed by atoms with E-state index in [-0.39, 0.29) is 29.7 Å². The summed E-state index contributed by atoms with van der Waals surface area (Å²) >= 11 is 0. The molecule has 0 spiro atoms. The normalized spacial score (nSPS) is 17.9. The Hall–Kier alpha value is -0.0900. The summed E-state index contributed by atoms with van der Waals surface area (Å²) < 4.78 is 25.1. The lowest BCUT2D eigenvalue weighted by molar-refractivity contribution is 0.283. The van der Waals surface area contributed by atoms with Gasteiger partial charge in [0.1, 0.15) is 0 Å². The number of sulfonamides is 1. The summed E-state index contributed by atoms with van der Waals surface area (Å²) in [7, 11) is -1.38. The van der Waals surface area contributed by atoms with Crippen LogP contribution in [0, 0.1) is 5.41 Å². The van der Waals surface area contributed by atoms with E-state index in [1.807, 2.05) is 0 Å². The SMILES string of the molecule is CCC1(CNC(=NC)NCCNS(=O)(=O)CC)CCCC1.I. The lowest BCUT2D eigenvalue weighted by atomic mass is 9.83. The van der Waals surface area contributed by atoms with Gasteiger partial charge in [-0.1, -0.05) is 19.8 Å². The zero-order chi connectivity index (χ0) is 15.8. The van der Waals surface area contributed by atoms with Gasteiger partial charge >= 0.3 is 0 Å². The maximum absolute atomic E-state index is 11.3. The van der Waals surface area contributed by atoms with Gasteiger partial charge < -0.3 is 10.6 Å². The Balaban J connectivity index is 0.00000441. The minimum Gasteiger partial charge on any atom is -0.356 e. The highest BCUT2D eigenvalue weighted by Crippen LogP contribution is 2.40.